The van der Waals surface area contributed by atoms with E-state index in [9.17, 15) is 14.0 Å². The Morgan fingerprint density at radius 3 is 2.46 bits per heavy atom. The van der Waals surface area contributed by atoms with Crippen LogP contribution in [0.25, 0.3) is 6.08 Å². The second kappa shape index (κ2) is 12.7. The molecule has 5 rings (SSSR count). The van der Waals surface area contributed by atoms with Crippen LogP contribution in [0.5, 0.6) is 23.0 Å². The lowest BCUT2D eigenvalue weighted by Gasteiger charge is -2.20. The first-order valence-electron chi connectivity index (χ1n) is 13.5. The Kier molecular flexibility index (Phi) is 8.62. The van der Waals surface area contributed by atoms with Gasteiger partial charge < -0.3 is 23.8 Å². The zero-order valence-corrected chi connectivity index (χ0v) is 23.0. The normalized spacial score (nSPS) is 15.8. The molecule has 0 unspecified atom stereocenters. The Bertz CT molecular complexity index is 1480. The van der Waals surface area contributed by atoms with Crippen molar-refractivity contribution in [2.75, 3.05) is 34.0 Å². The van der Waals surface area contributed by atoms with E-state index >= 15 is 0 Å². The Hall–Kier alpha value is -4.66. The van der Waals surface area contributed by atoms with E-state index in [-0.39, 0.29) is 17.7 Å². The molecule has 0 N–H and O–H groups in total. The summed E-state index contributed by atoms with van der Waals surface area (Å²) in [5.74, 6) is 1.43. The van der Waals surface area contributed by atoms with Crippen molar-refractivity contribution < 1.29 is 32.9 Å². The van der Waals surface area contributed by atoms with Crippen LogP contribution in [0.4, 0.5) is 10.1 Å². The maximum absolute atomic E-state index is 13.1. The lowest BCUT2D eigenvalue weighted by Crippen LogP contribution is -2.35. The SMILES string of the molecule is COc1cc(/C=C/C(=O)c2ccc(F)cc2)ccc1OCCCOc1cc2c(cc1OC)C(=O)N1CCC[C@H]1C=N2. The number of amides is 1. The highest BCUT2D eigenvalue weighted by Gasteiger charge is 2.32. The minimum absolute atomic E-state index is 0.0341. The number of allylic oxidation sites excluding steroid dienone is 1. The zero-order chi connectivity index (χ0) is 28.8. The molecule has 0 radical (unpaired) electrons. The number of carbonyl (C=O) groups is 2. The fraction of sp³-hybridized carbons (Fsp3) is 0.281. The van der Waals surface area contributed by atoms with Crippen LogP contribution in [0.3, 0.4) is 0 Å². The molecule has 1 atom stereocenters. The maximum Gasteiger partial charge on any atom is 0.256 e. The molecule has 1 saturated heterocycles. The molecule has 0 spiro atoms. The molecule has 1 fully saturated rings. The fourth-order valence-electron chi connectivity index (χ4n) is 4.83. The van der Waals surface area contributed by atoms with Gasteiger partial charge >= 0.3 is 0 Å². The van der Waals surface area contributed by atoms with Gasteiger partial charge in [0.05, 0.1) is 44.7 Å². The molecular formula is C32H31FN2O6. The predicted molar refractivity (Wildman–Crippen MR) is 154 cm³/mol. The Labute approximate surface area is 238 Å². The minimum Gasteiger partial charge on any atom is -0.493 e. The summed E-state index contributed by atoms with van der Waals surface area (Å²) in [6.07, 6.45) is 7.42. The topological polar surface area (TPSA) is 86.7 Å². The van der Waals surface area contributed by atoms with Crippen molar-refractivity contribution >= 4 is 29.7 Å². The van der Waals surface area contributed by atoms with Gasteiger partial charge in [-0.2, -0.15) is 0 Å². The first-order valence-corrected chi connectivity index (χ1v) is 13.5. The number of hydrogen-bond acceptors (Lipinski definition) is 7. The smallest absolute Gasteiger partial charge is 0.256 e. The molecular weight excluding hydrogens is 527 g/mol. The molecule has 3 aromatic carbocycles. The number of nitrogens with zero attached hydrogens (tertiary/aromatic N) is 2. The van der Waals surface area contributed by atoms with Gasteiger partial charge in [0.15, 0.2) is 28.8 Å². The van der Waals surface area contributed by atoms with E-state index in [0.717, 1.165) is 24.9 Å². The molecule has 2 aliphatic rings. The molecule has 2 heterocycles. The number of hydrogen-bond donors (Lipinski definition) is 0. The van der Waals surface area contributed by atoms with Crippen LogP contribution in [-0.4, -0.2) is 62.8 Å². The molecule has 0 aromatic heterocycles. The van der Waals surface area contributed by atoms with Gasteiger partial charge in [-0.15, -0.1) is 0 Å². The molecule has 41 heavy (non-hydrogen) atoms. The van der Waals surface area contributed by atoms with E-state index in [4.69, 9.17) is 18.9 Å². The van der Waals surface area contributed by atoms with E-state index in [1.54, 1.807) is 44.6 Å². The average Bonchev–Trinajstić information content (AvgIpc) is 3.43. The molecule has 0 saturated carbocycles. The predicted octanol–water partition coefficient (Wildman–Crippen LogP) is 5.91. The van der Waals surface area contributed by atoms with Crippen molar-refractivity contribution in [3.8, 4) is 23.0 Å². The summed E-state index contributed by atoms with van der Waals surface area (Å²) in [6.45, 7) is 1.46. The Morgan fingerprint density at radius 1 is 0.976 bits per heavy atom. The number of halogens is 1. The van der Waals surface area contributed by atoms with Gasteiger partial charge in [0, 0.05) is 30.8 Å². The second-order valence-corrected chi connectivity index (χ2v) is 9.67. The molecule has 0 aliphatic carbocycles. The van der Waals surface area contributed by atoms with Crippen molar-refractivity contribution in [3.05, 3.63) is 83.2 Å². The van der Waals surface area contributed by atoms with Gasteiger partial charge in [-0.1, -0.05) is 12.1 Å². The molecule has 3 aromatic rings. The summed E-state index contributed by atoms with van der Waals surface area (Å²) in [7, 11) is 3.09. The second-order valence-electron chi connectivity index (χ2n) is 9.67. The number of aliphatic imine (C=N–C) groups is 1. The molecule has 9 heteroatoms. The molecule has 0 bridgehead atoms. The highest BCUT2D eigenvalue weighted by molar-refractivity contribution is 6.06. The summed E-state index contributed by atoms with van der Waals surface area (Å²) < 4.78 is 36.0. The van der Waals surface area contributed by atoms with E-state index in [0.29, 0.717) is 59.4 Å². The number of fused-ring (bicyclic) bond motifs is 2. The third-order valence-corrected chi connectivity index (χ3v) is 7.01. The summed E-state index contributed by atoms with van der Waals surface area (Å²) >= 11 is 0. The van der Waals surface area contributed by atoms with Gasteiger partial charge in [0.2, 0.25) is 0 Å². The van der Waals surface area contributed by atoms with Crippen molar-refractivity contribution in [2.24, 2.45) is 4.99 Å². The van der Waals surface area contributed by atoms with Crippen LogP contribution in [0.15, 0.2) is 65.7 Å². The summed E-state index contributed by atoms with van der Waals surface area (Å²) in [5.41, 5.74) is 2.25. The third kappa shape index (κ3) is 6.40. The number of methoxy groups -OCH3 is 2. The number of benzene rings is 3. The number of ketones is 1. The summed E-state index contributed by atoms with van der Waals surface area (Å²) in [4.78, 5) is 31.8. The Morgan fingerprint density at radius 2 is 1.71 bits per heavy atom. The van der Waals surface area contributed by atoms with Crippen molar-refractivity contribution in [3.63, 3.8) is 0 Å². The van der Waals surface area contributed by atoms with Crippen molar-refractivity contribution in [1.29, 1.82) is 0 Å². The van der Waals surface area contributed by atoms with Crippen LogP contribution < -0.4 is 18.9 Å². The van der Waals surface area contributed by atoms with Gasteiger partial charge in [0.25, 0.3) is 5.91 Å². The summed E-state index contributed by atoms with van der Waals surface area (Å²) in [5, 5.41) is 0. The first kappa shape index (κ1) is 27.9. The minimum atomic E-state index is -0.390. The number of carbonyl (C=O) groups excluding carboxylic acids is 2. The number of rotatable bonds is 11. The monoisotopic (exact) mass is 558 g/mol. The number of ether oxygens (including phenoxy) is 4. The third-order valence-electron chi connectivity index (χ3n) is 7.01. The van der Waals surface area contributed by atoms with Gasteiger partial charge in [0.1, 0.15) is 5.82 Å². The van der Waals surface area contributed by atoms with Crippen LogP contribution in [0, 0.1) is 5.82 Å². The Balaban J connectivity index is 1.16. The van der Waals surface area contributed by atoms with Crippen LogP contribution in [0.2, 0.25) is 0 Å². The highest BCUT2D eigenvalue weighted by Crippen LogP contribution is 2.38. The fourth-order valence-corrected chi connectivity index (χ4v) is 4.83. The van der Waals surface area contributed by atoms with Crippen LogP contribution >= 0.6 is 0 Å². The standard InChI is InChI=1S/C32H31FN2O6/c1-38-29-17-21(6-12-27(36)22-8-10-23(33)11-9-22)7-13-28(29)40-15-4-16-41-31-19-26-25(18-30(31)39-2)32(37)35-14-3-5-24(35)20-34-26/h6-13,17-20,24H,3-5,14-16H2,1-2H3/b12-6+/t24-/m0/s1. The zero-order valence-electron chi connectivity index (χ0n) is 23.0. The molecule has 8 nitrogen and oxygen atoms in total. The molecule has 212 valence electrons. The lowest BCUT2D eigenvalue weighted by molar-refractivity contribution is 0.0774. The maximum atomic E-state index is 13.1. The summed E-state index contributed by atoms with van der Waals surface area (Å²) in [6, 6.07) is 14.3. The van der Waals surface area contributed by atoms with Gasteiger partial charge in [-0.3, -0.25) is 14.6 Å². The average molecular weight is 559 g/mol. The van der Waals surface area contributed by atoms with E-state index < -0.39 is 5.82 Å². The van der Waals surface area contributed by atoms with Crippen molar-refractivity contribution in [2.45, 2.75) is 25.3 Å². The molecule has 2 aliphatic heterocycles. The van der Waals surface area contributed by atoms with Crippen LogP contribution in [-0.2, 0) is 0 Å². The van der Waals surface area contributed by atoms with E-state index in [1.807, 2.05) is 17.2 Å². The van der Waals surface area contributed by atoms with Gasteiger partial charge in [-0.05, 0) is 66.9 Å². The quantitative estimate of drug-likeness (QED) is 0.165. The lowest BCUT2D eigenvalue weighted by atomic mass is 10.1. The molecule has 1 amide bonds. The largest absolute Gasteiger partial charge is 0.493 e. The van der Waals surface area contributed by atoms with E-state index in [2.05, 4.69) is 4.99 Å². The van der Waals surface area contributed by atoms with E-state index in [1.165, 1.54) is 30.3 Å². The highest BCUT2D eigenvalue weighted by atomic mass is 19.1. The van der Waals surface area contributed by atoms with Crippen molar-refractivity contribution in [1.82, 2.24) is 4.90 Å². The van der Waals surface area contributed by atoms with Crippen LogP contribution in [0.1, 0.15) is 45.5 Å². The van der Waals surface area contributed by atoms with Gasteiger partial charge in [-0.25, -0.2) is 4.39 Å². The first-order chi connectivity index (χ1) is 20.0.